The quantitative estimate of drug-likeness (QED) is 0.590. The van der Waals surface area contributed by atoms with Gasteiger partial charge in [-0.15, -0.1) is 0 Å². The SMILES string of the molecule is CCOc1ccc2ccccc2c1C(=O)Nc1cnc(-n2cccn2)nc1. The molecule has 4 aromatic rings. The molecule has 4 rings (SSSR count). The number of nitrogens with zero attached hydrogens (tertiary/aromatic N) is 4. The number of nitrogens with one attached hydrogen (secondary N) is 1. The third kappa shape index (κ3) is 3.35. The van der Waals surface area contributed by atoms with Gasteiger partial charge in [-0.3, -0.25) is 4.79 Å². The van der Waals surface area contributed by atoms with Crippen LogP contribution in [0.5, 0.6) is 5.75 Å². The minimum Gasteiger partial charge on any atom is -0.493 e. The van der Waals surface area contributed by atoms with Gasteiger partial charge in [0.25, 0.3) is 11.9 Å². The molecule has 0 saturated carbocycles. The summed E-state index contributed by atoms with van der Waals surface area (Å²) < 4.78 is 7.21. The van der Waals surface area contributed by atoms with Crippen LogP contribution in [0.3, 0.4) is 0 Å². The van der Waals surface area contributed by atoms with E-state index in [2.05, 4.69) is 20.4 Å². The number of aromatic nitrogens is 4. The summed E-state index contributed by atoms with van der Waals surface area (Å²) in [5.74, 6) is 0.701. The van der Waals surface area contributed by atoms with Crippen LogP contribution in [0.2, 0.25) is 0 Å². The molecule has 0 radical (unpaired) electrons. The lowest BCUT2D eigenvalue weighted by Gasteiger charge is -2.13. The Kier molecular flexibility index (Phi) is 4.49. The highest BCUT2D eigenvalue weighted by Gasteiger charge is 2.17. The van der Waals surface area contributed by atoms with Gasteiger partial charge >= 0.3 is 0 Å². The molecule has 27 heavy (non-hydrogen) atoms. The summed E-state index contributed by atoms with van der Waals surface area (Å²) >= 11 is 0. The summed E-state index contributed by atoms with van der Waals surface area (Å²) in [6.07, 6.45) is 6.49. The summed E-state index contributed by atoms with van der Waals surface area (Å²) in [7, 11) is 0. The van der Waals surface area contributed by atoms with Crippen molar-refractivity contribution in [3.8, 4) is 11.7 Å². The van der Waals surface area contributed by atoms with Gasteiger partial charge in [-0.2, -0.15) is 5.10 Å². The molecule has 134 valence electrons. The van der Waals surface area contributed by atoms with Crippen molar-refractivity contribution >= 4 is 22.4 Å². The molecule has 0 unspecified atom stereocenters. The van der Waals surface area contributed by atoms with Gasteiger partial charge in [0.2, 0.25) is 0 Å². The summed E-state index contributed by atoms with van der Waals surface area (Å²) in [6.45, 7) is 2.36. The zero-order valence-electron chi connectivity index (χ0n) is 14.7. The lowest BCUT2D eigenvalue weighted by molar-refractivity contribution is 0.102. The second-order valence-electron chi connectivity index (χ2n) is 5.77. The zero-order valence-corrected chi connectivity index (χ0v) is 14.7. The number of ether oxygens (including phenoxy) is 1. The molecule has 2 heterocycles. The average molecular weight is 359 g/mol. The highest BCUT2D eigenvalue weighted by Crippen LogP contribution is 2.29. The summed E-state index contributed by atoms with van der Waals surface area (Å²) in [4.78, 5) is 21.4. The van der Waals surface area contributed by atoms with E-state index in [4.69, 9.17) is 4.74 Å². The van der Waals surface area contributed by atoms with Crippen molar-refractivity contribution in [1.29, 1.82) is 0 Å². The van der Waals surface area contributed by atoms with Crippen LogP contribution < -0.4 is 10.1 Å². The van der Waals surface area contributed by atoms with Crippen molar-refractivity contribution in [2.24, 2.45) is 0 Å². The first kappa shape index (κ1) is 16.7. The fourth-order valence-corrected chi connectivity index (χ4v) is 2.85. The molecule has 0 aliphatic carbocycles. The molecule has 0 bridgehead atoms. The third-order valence-corrected chi connectivity index (χ3v) is 4.02. The molecule has 0 aliphatic rings. The van der Waals surface area contributed by atoms with Gasteiger partial charge in [0, 0.05) is 12.4 Å². The minimum absolute atomic E-state index is 0.273. The number of benzene rings is 2. The highest BCUT2D eigenvalue weighted by molar-refractivity contribution is 6.14. The molecule has 1 N–H and O–H groups in total. The number of carbonyl (C=O) groups excluding carboxylic acids is 1. The van der Waals surface area contributed by atoms with Crippen molar-refractivity contribution in [1.82, 2.24) is 19.7 Å². The van der Waals surface area contributed by atoms with Gasteiger partial charge in [0.15, 0.2) is 0 Å². The molecule has 0 saturated heterocycles. The number of carbonyl (C=O) groups is 1. The average Bonchev–Trinajstić information content (AvgIpc) is 3.23. The van der Waals surface area contributed by atoms with Crippen molar-refractivity contribution in [3.63, 3.8) is 0 Å². The monoisotopic (exact) mass is 359 g/mol. The van der Waals surface area contributed by atoms with Gasteiger partial charge in [-0.1, -0.05) is 30.3 Å². The fourth-order valence-electron chi connectivity index (χ4n) is 2.85. The maximum absolute atomic E-state index is 13.0. The Bertz CT molecular complexity index is 1080. The fraction of sp³-hybridized carbons (Fsp3) is 0.100. The Labute approximate surface area is 155 Å². The Morgan fingerprint density at radius 3 is 2.67 bits per heavy atom. The number of anilines is 1. The van der Waals surface area contributed by atoms with E-state index in [1.807, 2.05) is 43.3 Å². The van der Waals surface area contributed by atoms with Crippen LogP contribution in [-0.2, 0) is 0 Å². The molecular formula is C20H17N5O2. The molecule has 0 atom stereocenters. The molecule has 2 aromatic carbocycles. The maximum atomic E-state index is 13.0. The lowest BCUT2D eigenvalue weighted by Crippen LogP contribution is -2.15. The van der Waals surface area contributed by atoms with E-state index in [1.165, 1.54) is 0 Å². The second kappa shape index (κ2) is 7.25. The van der Waals surface area contributed by atoms with E-state index in [9.17, 15) is 4.79 Å². The van der Waals surface area contributed by atoms with Crippen LogP contribution in [0.1, 0.15) is 17.3 Å². The van der Waals surface area contributed by atoms with Crippen molar-refractivity contribution in [2.75, 3.05) is 11.9 Å². The standard InChI is InChI=1S/C20H17N5O2/c1-2-27-17-9-8-14-6-3-4-7-16(14)18(17)19(26)24-15-12-21-20(22-13-15)25-11-5-10-23-25/h3-13H,2H2,1H3,(H,24,26). The Morgan fingerprint density at radius 2 is 1.93 bits per heavy atom. The van der Waals surface area contributed by atoms with Crippen LogP contribution >= 0.6 is 0 Å². The molecule has 0 fully saturated rings. The van der Waals surface area contributed by atoms with Gasteiger partial charge in [-0.25, -0.2) is 14.6 Å². The van der Waals surface area contributed by atoms with Crippen LogP contribution in [0.4, 0.5) is 5.69 Å². The Hall–Kier alpha value is -3.74. The first-order valence-electron chi connectivity index (χ1n) is 8.54. The lowest BCUT2D eigenvalue weighted by atomic mass is 10.0. The smallest absolute Gasteiger partial charge is 0.260 e. The number of amides is 1. The molecule has 0 aliphatic heterocycles. The van der Waals surface area contributed by atoms with Crippen LogP contribution in [0.15, 0.2) is 67.3 Å². The van der Waals surface area contributed by atoms with E-state index in [0.717, 1.165) is 10.8 Å². The maximum Gasteiger partial charge on any atom is 0.260 e. The van der Waals surface area contributed by atoms with Crippen molar-refractivity contribution in [2.45, 2.75) is 6.92 Å². The predicted molar refractivity (Wildman–Crippen MR) is 102 cm³/mol. The third-order valence-electron chi connectivity index (χ3n) is 4.02. The number of hydrogen-bond donors (Lipinski definition) is 1. The Balaban J connectivity index is 1.65. The predicted octanol–water partition coefficient (Wildman–Crippen LogP) is 3.47. The van der Waals surface area contributed by atoms with Crippen LogP contribution in [0.25, 0.3) is 16.7 Å². The zero-order chi connectivity index (χ0) is 18.6. The summed E-state index contributed by atoms with van der Waals surface area (Å²) in [5.41, 5.74) is 0.984. The summed E-state index contributed by atoms with van der Waals surface area (Å²) in [6, 6.07) is 13.3. The largest absolute Gasteiger partial charge is 0.493 e. The number of fused-ring (bicyclic) bond motifs is 1. The van der Waals surface area contributed by atoms with Gasteiger partial charge in [0.1, 0.15) is 5.75 Å². The molecule has 7 heteroatoms. The van der Waals surface area contributed by atoms with Crippen molar-refractivity contribution in [3.05, 3.63) is 72.8 Å². The van der Waals surface area contributed by atoms with E-state index in [0.29, 0.717) is 29.6 Å². The van der Waals surface area contributed by atoms with Crippen LogP contribution in [-0.4, -0.2) is 32.3 Å². The van der Waals surface area contributed by atoms with Gasteiger partial charge in [0.05, 0.1) is 30.3 Å². The summed E-state index contributed by atoms with van der Waals surface area (Å²) in [5, 5.41) is 8.72. The van der Waals surface area contributed by atoms with Crippen LogP contribution in [0, 0.1) is 0 Å². The topological polar surface area (TPSA) is 81.9 Å². The highest BCUT2D eigenvalue weighted by atomic mass is 16.5. The van der Waals surface area contributed by atoms with E-state index in [1.54, 1.807) is 35.5 Å². The van der Waals surface area contributed by atoms with Gasteiger partial charge in [-0.05, 0) is 29.8 Å². The molecule has 2 aromatic heterocycles. The number of rotatable bonds is 5. The van der Waals surface area contributed by atoms with E-state index >= 15 is 0 Å². The number of hydrogen-bond acceptors (Lipinski definition) is 5. The molecule has 0 spiro atoms. The first-order chi connectivity index (χ1) is 13.3. The second-order valence-corrected chi connectivity index (χ2v) is 5.77. The van der Waals surface area contributed by atoms with E-state index in [-0.39, 0.29) is 5.91 Å². The first-order valence-corrected chi connectivity index (χ1v) is 8.54. The Morgan fingerprint density at radius 1 is 1.11 bits per heavy atom. The van der Waals surface area contributed by atoms with E-state index < -0.39 is 0 Å². The minimum atomic E-state index is -0.273. The molecule has 7 nitrogen and oxygen atoms in total. The molecule has 1 amide bonds. The normalized spacial score (nSPS) is 10.7. The van der Waals surface area contributed by atoms with Crippen molar-refractivity contribution < 1.29 is 9.53 Å². The molecular weight excluding hydrogens is 342 g/mol. The van der Waals surface area contributed by atoms with Gasteiger partial charge < -0.3 is 10.1 Å².